The Bertz CT molecular complexity index is 718. The van der Waals surface area contributed by atoms with Crippen molar-refractivity contribution in [2.45, 2.75) is 38.0 Å². The molecule has 4 rings (SSSR count). The molecule has 1 aliphatic heterocycles. The zero-order chi connectivity index (χ0) is 14.9. The van der Waals surface area contributed by atoms with E-state index in [4.69, 9.17) is 0 Å². The van der Waals surface area contributed by atoms with Crippen LogP contribution >= 0.6 is 0 Å². The maximum Gasteiger partial charge on any atom is 0.263 e. The molecule has 2 fully saturated rings. The Labute approximate surface area is 126 Å². The number of allylic oxidation sites excluding steroid dienone is 1. The lowest BCUT2D eigenvalue weighted by molar-refractivity contribution is 0.278. The number of sulfonamides is 1. The second-order valence-corrected chi connectivity index (χ2v) is 9.09. The summed E-state index contributed by atoms with van der Waals surface area (Å²) in [5, 5.41) is 0. The normalized spacial score (nSPS) is 34.7. The Kier molecular flexibility index (Phi) is 2.49. The van der Waals surface area contributed by atoms with Crippen LogP contribution in [0.4, 0.5) is 0 Å². The molecule has 0 aromatic heterocycles. The first kappa shape index (κ1) is 13.4. The van der Waals surface area contributed by atoms with Gasteiger partial charge in [0.2, 0.25) is 0 Å². The van der Waals surface area contributed by atoms with Crippen LogP contribution < -0.4 is 0 Å². The highest BCUT2D eigenvalue weighted by molar-refractivity contribution is 7.89. The Morgan fingerprint density at radius 2 is 1.86 bits per heavy atom. The second kappa shape index (κ2) is 3.92. The van der Waals surface area contributed by atoms with Gasteiger partial charge in [0, 0.05) is 18.2 Å². The number of benzene rings is 1. The van der Waals surface area contributed by atoms with E-state index in [1.807, 2.05) is 19.1 Å². The maximum atomic E-state index is 12.8. The molecule has 1 aromatic rings. The Morgan fingerprint density at radius 3 is 2.48 bits per heavy atom. The highest BCUT2D eigenvalue weighted by Gasteiger charge is 2.70. The van der Waals surface area contributed by atoms with Crippen LogP contribution in [-0.4, -0.2) is 19.3 Å². The number of rotatable bonds is 3. The van der Waals surface area contributed by atoms with Gasteiger partial charge < -0.3 is 0 Å². The van der Waals surface area contributed by atoms with Crippen molar-refractivity contribution < 1.29 is 8.42 Å². The standard InChI is InChI=1S/C17H21NO2S/c1-13-3-7-15(8-4-13)21(19,20)18-10-9-16(2)11-17(16,12-18)14-5-6-14/h3-4,7-10,14H,5-6,11-12H2,1-2H3/t16-,17-/m1/s1. The van der Waals surface area contributed by atoms with Gasteiger partial charge in [0.1, 0.15) is 0 Å². The smallest absolute Gasteiger partial charge is 0.263 e. The van der Waals surface area contributed by atoms with E-state index in [1.54, 1.807) is 22.6 Å². The summed E-state index contributed by atoms with van der Waals surface area (Å²) in [6.07, 6.45) is 7.59. The number of nitrogens with zero attached hydrogens (tertiary/aromatic N) is 1. The molecule has 0 radical (unpaired) electrons. The van der Waals surface area contributed by atoms with Gasteiger partial charge in [-0.3, -0.25) is 4.31 Å². The number of fused-ring (bicyclic) bond motifs is 1. The van der Waals surface area contributed by atoms with Crippen molar-refractivity contribution in [3.8, 4) is 0 Å². The minimum atomic E-state index is -3.41. The van der Waals surface area contributed by atoms with Crippen LogP contribution in [0.2, 0.25) is 0 Å². The molecule has 0 unspecified atom stereocenters. The maximum absolute atomic E-state index is 12.8. The third-order valence-electron chi connectivity index (χ3n) is 5.73. The summed E-state index contributed by atoms with van der Waals surface area (Å²) >= 11 is 0. The fraction of sp³-hybridized carbons (Fsp3) is 0.529. The molecular weight excluding hydrogens is 282 g/mol. The molecule has 112 valence electrons. The molecule has 4 heteroatoms. The van der Waals surface area contributed by atoms with Crippen LogP contribution in [0.3, 0.4) is 0 Å². The Hall–Kier alpha value is -1.29. The molecule has 0 bridgehead atoms. The van der Waals surface area contributed by atoms with E-state index in [0.717, 1.165) is 17.9 Å². The van der Waals surface area contributed by atoms with Crippen LogP contribution in [0.5, 0.6) is 0 Å². The largest absolute Gasteiger partial charge is 0.273 e. The van der Waals surface area contributed by atoms with Crippen molar-refractivity contribution in [3.05, 3.63) is 42.1 Å². The van der Waals surface area contributed by atoms with Gasteiger partial charge in [-0.1, -0.05) is 30.7 Å². The third kappa shape index (κ3) is 1.81. The van der Waals surface area contributed by atoms with E-state index in [-0.39, 0.29) is 10.8 Å². The van der Waals surface area contributed by atoms with Crippen LogP contribution in [-0.2, 0) is 10.0 Å². The van der Waals surface area contributed by atoms with Gasteiger partial charge in [0.05, 0.1) is 4.90 Å². The zero-order valence-electron chi connectivity index (χ0n) is 12.5. The molecule has 0 N–H and O–H groups in total. The monoisotopic (exact) mass is 303 g/mol. The highest BCUT2D eigenvalue weighted by atomic mass is 32.2. The van der Waals surface area contributed by atoms with Gasteiger partial charge in [-0.25, -0.2) is 8.42 Å². The predicted molar refractivity (Wildman–Crippen MR) is 82.1 cm³/mol. The average Bonchev–Trinajstić information content (AvgIpc) is 3.32. The molecule has 3 nitrogen and oxygen atoms in total. The third-order valence-corrected chi connectivity index (χ3v) is 7.46. The minimum absolute atomic E-state index is 0.208. The molecule has 0 amide bonds. The summed E-state index contributed by atoms with van der Waals surface area (Å²) in [4.78, 5) is 0.396. The first-order valence-corrected chi connectivity index (χ1v) is 9.09. The number of hydrogen-bond donors (Lipinski definition) is 0. The summed E-state index contributed by atoms with van der Waals surface area (Å²) in [5.74, 6) is 0.725. The molecule has 1 aromatic carbocycles. The summed E-state index contributed by atoms with van der Waals surface area (Å²) in [6, 6.07) is 7.14. The Balaban J connectivity index is 1.68. The fourth-order valence-electron chi connectivity index (χ4n) is 4.04. The first-order valence-electron chi connectivity index (χ1n) is 7.65. The van der Waals surface area contributed by atoms with Crippen LogP contribution in [0.1, 0.15) is 31.7 Å². The summed E-state index contributed by atoms with van der Waals surface area (Å²) in [5.41, 5.74) is 1.51. The molecule has 0 spiro atoms. The van der Waals surface area contributed by atoms with Gasteiger partial charge >= 0.3 is 0 Å². The quantitative estimate of drug-likeness (QED) is 0.859. The van der Waals surface area contributed by atoms with Gasteiger partial charge in [-0.2, -0.15) is 0 Å². The fourth-order valence-corrected chi connectivity index (χ4v) is 5.41. The van der Waals surface area contributed by atoms with Crippen molar-refractivity contribution in [2.75, 3.05) is 6.54 Å². The molecular formula is C17H21NO2S. The van der Waals surface area contributed by atoms with Gasteiger partial charge in [0.15, 0.2) is 0 Å². The van der Waals surface area contributed by atoms with Crippen molar-refractivity contribution in [3.63, 3.8) is 0 Å². The number of hydrogen-bond acceptors (Lipinski definition) is 2. The molecule has 0 saturated heterocycles. The van der Waals surface area contributed by atoms with Gasteiger partial charge in [-0.05, 0) is 49.7 Å². The van der Waals surface area contributed by atoms with Crippen molar-refractivity contribution in [1.82, 2.24) is 4.31 Å². The summed E-state index contributed by atoms with van der Waals surface area (Å²) < 4.78 is 27.2. The van der Waals surface area contributed by atoms with Gasteiger partial charge in [-0.15, -0.1) is 0 Å². The average molecular weight is 303 g/mol. The molecule has 2 saturated carbocycles. The molecule has 3 aliphatic rings. The predicted octanol–water partition coefficient (Wildman–Crippen LogP) is 3.32. The molecule has 2 atom stereocenters. The van der Waals surface area contributed by atoms with Gasteiger partial charge in [0.25, 0.3) is 10.0 Å². The van der Waals surface area contributed by atoms with E-state index in [9.17, 15) is 8.42 Å². The van der Waals surface area contributed by atoms with Crippen molar-refractivity contribution in [2.24, 2.45) is 16.7 Å². The lowest BCUT2D eigenvalue weighted by Gasteiger charge is -2.32. The van der Waals surface area contributed by atoms with E-state index in [1.165, 1.54) is 12.8 Å². The van der Waals surface area contributed by atoms with E-state index in [2.05, 4.69) is 13.0 Å². The van der Waals surface area contributed by atoms with Crippen LogP contribution in [0.15, 0.2) is 41.4 Å². The SMILES string of the molecule is Cc1ccc(S(=O)(=O)N2C=C[C@]3(C)C[C@]3(C3CC3)C2)cc1. The molecule has 1 heterocycles. The molecule has 2 aliphatic carbocycles. The van der Waals surface area contributed by atoms with Crippen molar-refractivity contribution in [1.29, 1.82) is 0 Å². The zero-order valence-corrected chi connectivity index (χ0v) is 13.4. The highest BCUT2D eigenvalue weighted by Crippen LogP contribution is 2.75. The van der Waals surface area contributed by atoms with Crippen LogP contribution in [0.25, 0.3) is 0 Å². The van der Waals surface area contributed by atoms with E-state index < -0.39 is 10.0 Å². The summed E-state index contributed by atoms with van der Waals surface area (Å²) in [7, 11) is -3.41. The second-order valence-electron chi connectivity index (χ2n) is 7.20. The van der Waals surface area contributed by atoms with E-state index in [0.29, 0.717) is 11.4 Å². The first-order chi connectivity index (χ1) is 9.87. The Morgan fingerprint density at radius 1 is 1.19 bits per heavy atom. The van der Waals surface area contributed by atoms with Crippen LogP contribution in [0, 0.1) is 23.7 Å². The number of aryl methyl sites for hydroxylation is 1. The molecule has 21 heavy (non-hydrogen) atoms. The topological polar surface area (TPSA) is 37.4 Å². The van der Waals surface area contributed by atoms with Crippen molar-refractivity contribution >= 4 is 10.0 Å². The van der Waals surface area contributed by atoms with E-state index >= 15 is 0 Å². The summed E-state index contributed by atoms with van der Waals surface area (Å²) in [6.45, 7) is 4.90. The minimum Gasteiger partial charge on any atom is -0.273 e. The lowest BCUT2D eigenvalue weighted by atomic mass is 9.87. The lowest BCUT2D eigenvalue weighted by Crippen LogP contribution is -2.37.